The Labute approximate surface area is 67.5 Å². The second-order valence-corrected chi connectivity index (χ2v) is 2.67. The first kappa shape index (κ1) is 7.12. The number of nitrogens with zero attached hydrogens (tertiary/aromatic N) is 3. The van der Waals surface area contributed by atoms with Gasteiger partial charge in [-0.15, -0.1) is 0 Å². The molecule has 2 aromatic rings. The van der Waals surface area contributed by atoms with Crippen LogP contribution < -0.4 is 5.56 Å². The Morgan fingerprint density at radius 3 is 3.08 bits per heavy atom. The fourth-order valence-electron chi connectivity index (χ4n) is 0.894. The molecule has 0 fully saturated rings. The maximum Gasteiger partial charge on any atom is 0.289 e. The summed E-state index contributed by atoms with van der Waals surface area (Å²) in [4.78, 5) is 20.9. The summed E-state index contributed by atoms with van der Waals surface area (Å²) in [6.45, 7) is 0. The number of hydrogen-bond acceptors (Lipinski definition) is 4. The van der Waals surface area contributed by atoms with Gasteiger partial charge in [0.2, 0.25) is 0 Å². The van der Waals surface area contributed by atoms with E-state index in [4.69, 9.17) is 0 Å². The lowest BCUT2D eigenvalue weighted by atomic mass is 10.6. The van der Waals surface area contributed by atoms with Crippen LogP contribution in [0.2, 0.25) is 0 Å². The minimum absolute atomic E-state index is 0.195. The van der Waals surface area contributed by atoms with Crippen molar-refractivity contribution in [3.05, 3.63) is 23.0 Å². The summed E-state index contributed by atoms with van der Waals surface area (Å²) in [7, 11) is -0.252. The van der Waals surface area contributed by atoms with Gasteiger partial charge >= 0.3 is 0 Å². The summed E-state index contributed by atoms with van der Waals surface area (Å²) in [6.07, 6.45) is 2.54. The quantitative estimate of drug-likeness (QED) is 0.637. The fraction of sp³-hybridized carbons (Fsp3) is 0. The molecule has 0 radical (unpaired) electrons. The van der Waals surface area contributed by atoms with Crippen molar-refractivity contribution in [2.24, 2.45) is 0 Å². The van der Waals surface area contributed by atoms with Crippen molar-refractivity contribution in [1.29, 1.82) is 0 Å². The van der Waals surface area contributed by atoms with Crippen LogP contribution in [-0.4, -0.2) is 19.3 Å². The molecular formula is C5H3N4O2P. The van der Waals surface area contributed by atoms with E-state index in [0.717, 1.165) is 0 Å². The van der Waals surface area contributed by atoms with Gasteiger partial charge in [0.15, 0.2) is 11.2 Å². The van der Waals surface area contributed by atoms with Crippen LogP contribution in [0.15, 0.2) is 17.4 Å². The summed E-state index contributed by atoms with van der Waals surface area (Å²) in [5.41, 5.74) is 0.179. The molecule has 0 unspecified atom stereocenters. The van der Waals surface area contributed by atoms with E-state index >= 15 is 0 Å². The molecule has 2 heterocycles. The third-order valence-electron chi connectivity index (χ3n) is 1.41. The molecule has 6 nitrogen and oxygen atoms in total. The molecule has 0 aromatic carbocycles. The summed E-state index contributed by atoms with van der Waals surface area (Å²) in [6, 6.07) is 0. The molecule has 2 aromatic heterocycles. The third kappa shape index (κ3) is 0.853. The molecule has 0 aliphatic heterocycles. The van der Waals surface area contributed by atoms with Crippen molar-refractivity contribution >= 4 is 19.8 Å². The fourth-order valence-corrected chi connectivity index (χ4v) is 1.21. The van der Waals surface area contributed by atoms with Crippen LogP contribution in [0.4, 0.5) is 0 Å². The lowest BCUT2D eigenvalue weighted by Crippen LogP contribution is -2.06. The average molecular weight is 182 g/mol. The van der Waals surface area contributed by atoms with E-state index in [1.54, 1.807) is 0 Å². The van der Waals surface area contributed by atoms with E-state index in [1.165, 1.54) is 17.0 Å². The van der Waals surface area contributed by atoms with Gasteiger partial charge in [-0.05, 0) is 0 Å². The van der Waals surface area contributed by atoms with E-state index in [2.05, 4.69) is 15.0 Å². The Balaban J connectivity index is 2.98. The molecule has 0 amide bonds. The molecule has 0 aliphatic rings. The largest absolute Gasteiger partial charge is 0.311 e. The van der Waals surface area contributed by atoms with E-state index in [9.17, 15) is 9.36 Å². The Morgan fingerprint density at radius 2 is 2.33 bits per heavy atom. The van der Waals surface area contributed by atoms with Gasteiger partial charge < -0.3 is 4.98 Å². The maximum atomic E-state index is 11.0. The van der Waals surface area contributed by atoms with Gasteiger partial charge in [0.1, 0.15) is 6.33 Å². The number of rotatable bonds is 1. The second-order valence-electron chi connectivity index (χ2n) is 2.07. The minimum Gasteiger partial charge on any atom is -0.311 e. The van der Waals surface area contributed by atoms with Crippen LogP contribution in [0.3, 0.4) is 0 Å². The van der Waals surface area contributed by atoms with Crippen molar-refractivity contribution in [3.8, 4) is 0 Å². The molecule has 60 valence electrons. The molecule has 1 N–H and O–H groups in total. The van der Waals surface area contributed by atoms with Gasteiger partial charge in [0.25, 0.3) is 14.2 Å². The molecule has 0 saturated carbocycles. The van der Waals surface area contributed by atoms with Crippen LogP contribution in [-0.2, 0) is 4.57 Å². The second kappa shape index (κ2) is 2.49. The zero-order valence-corrected chi connectivity index (χ0v) is 6.65. The van der Waals surface area contributed by atoms with Gasteiger partial charge in [-0.2, -0.15) is 0 Å². The zero-order valence-electron chi connectivity index (χ0n) is 5.76. The highest BCUT2D eigenvalue weighted by Crippen LogP contribution is 2.09. The van der Waals surface area contributed by atoms with Crippen LogP contribution in [0.25, 0.3) is 11.2 Å². The monoisotopic (exact) mass is 182 g/mol. The highest BCUT2D eigenvalue weighted by molar-refractivity contribution is 7.22. The third-order valence-corrected chi connectivity index (χ3v) is 1.88. The van der Waals surface area contributed by atoms with Gasteiger partial charge in [0.05, 0.1) is 6.33 Å². The van der Waals surface area contributed by atoms with Crippen LogP contribution >= 0.6 is 8.61 Å². The highest BCUT2D eigenvalue weighted by Gasteiger charge is 2.05. The maximum absolute atomic E-state index is 11.0. The standard InChI is InChI=1S/C5H3N4O2P/c10-5-3-4(6-1-7-5)9(12-11)2-8-3/h1-2H,(H,6,7,10). The van der Waals surface area contributed by atoms with Crippen LogP contribution in [0.1, 0.15) is 0 Å². The van der Waals surface area contributed by atoms with E-state index < -0.39 is 0 Å². The summed E-state index contributed by atoms with van der Waals surface area (Å²) in [5, 5.41) is 0. The predicted molar refractivity (Wildman–Crippen MR) is 41.2 cm³/mol. The predicted octanol–water partition coefficient (Wildman–Crippen LogP) is 0.174. The summed E-state index contributed by atoms with van der Waals surface area (Å²) < 4.78 is 11.7. The van der Waals surface area contributed by atoms with Crippen molar-refractivity contribution in [2.75, 3.05) is 0 Å². The molecule has 7 heteroatoms. The number of fused-ring (bicyclic) bond motifs is 1. The lowest BCUT2D eigenvalue weighted by molar-refractivity contribution is 0.595. The van der Waals surface area contributed by atoms with Gasteiger partial charge in [0, 0.05) is 0 Å². The summed E-state index contributed by atoms with van der Waals surface area (Å²) >= 11 is 0. The van der Waals surface area contributed by atoms with Gasteiger partial charge in [-0.25, -0.2) is 18.9 Å². The smallest absolute Gasteiger partial charge is 0.289 e. The van der Waals surface area contributed by atoms with Crippen LogP contribution in [0.5, 0.6) is 0 Å². The molecule has 0 atom stereocenters. The topological polar surface area (TPSA) is 80.6 Å². The van der Waals surface area contributed by atoms with Crippen molar-refractivity contribution < 1.29 is 4.57 Å². The number of H-pyrrole nitrogens is 1. The SMILES string of the molecule is O=Pn1cnc2c(=O)[nH]cnc21. The minimum atomic E-state index is -0.331. The Hall–Kier alpha value is -1.55. The number of aromatic nitrogens is 4. The lowest BCUT2D eigenvalue weighted by Gasteiger charge is -1.86. The normalized spacial score (nSPS) is 11.0. The molecule has 0 saturated heterocycles. The summed E-state index contributed by atoms with van der Waals surface area (Å²) in [5.74, 6) is 0. The molecule has 0 bridgehead atoms. The number of imidazole rings is 1. The van der Waals surface area contributed by atoms with E-state index in [-0.39, 0.29) is 19.7 Å². The Morgan fingerprint density at radius 1 is 1.50 bits per heavy atom. The average Bonchev–Trinajstić information content (AvgIpc) is 2.49. The Bertz CT molecular complexity index is 487. The van der Waals surface area contributed by atoms with Crippen molar-refractivity contribution in [1.82, 2.24) is 19.3 Å². The molecule has 0 aliphatic carbocycles. The van der Waals surface area contributed by atoms with E-state index in [1.807, 2.05) is 0 Å². The highest BCUT2D eigenvalue weighted by atomic mass is 31.1. The Kier molecular flexibility index (Phi) is 1.48. The number of nitrogens with one attached hydrogen (secondary N) is 1. The van der Waals surface area contributed by atoms with Crippen LogP contribution in [0, 0.1) is 0 Å². The zero-order chi connectivity index (χ0) is 8.55. The number of hydrogen-bond donors (Lipinski definition) is 1. The van der Waals surface area contributed by atoms with Crippen molar-refractivity contribution in [2.45, 2.75) is 0 Å². The molecular weight excluding hydrogens is 179 g/mol. The van der Waals surface area contributed by atoms with Crippen molar-refractivity contribution in [3.63, 3.8) is 0 Å². The first-order valence-corrected chi connectivity index (χ1v) is 3.84. The first-order valence-electron chi connectivity index (χ1n) is 3.07. The van der Waals surface area contributed by atoms with Gasteiger partial charge in [-0.3, -0.25) is 4.79 Å². The molecule has 12 heavy (non-hydrogen) atoms. The van der Waals surface area contributed by atoms with Gasteiger partial charge in [-0.1, -0.05) is 0 Å². The molecule has 0 spiro atoms. The number of aromatic amines is 1. The van der Waals surface area contributed by atoms with E-state index in [0.29, 0.717) is 5.65 Å². The molecule has 2 rings (SSSR count). The first-order chi connectivity index (χ1) is 5.83.